The van der Waals surface area contributed by atoms with Crippen molar-refractivity contribution in [2.75, 3.05) is 23.3 Å². The molecule has 0 unspecified atom stereocenters. The molecule has 1 heterocycles. The summed E-state index contributed by atoms with van der Waals surface area (Å²) in [5.41, 5.74) is 3.60. The van der Waals surface area contributed by atoms with Gasteiger partial charge in [0.15, 0.2) is 0 Å². The van der Waals surface area contributed by atoms with Gasteiger partial charge < -0.3 is 15.5 Å². The molecule has 2 aliphatic rings. The molecule has 1 aliphatic heterocycles. The minimum atomic E-state index is -0.0182. The second-order valence-corrected chi connectivity index (χ2v) is 8.49. The molecule has 0 spiro atoms. The zero-order valence-electron chi connectivity index (χ0n) is 17.4. The first-order valence-corrected chi connectivity index (χ1v) is 11.1. The Morgan fingerprint density at radius 1 is 0.966 bits per heavy atom. The Morgan fingerprint density at radius 3 is 2.48 bits per heavy atom. The largest absolute Gasteiger partial charge is 0.365 e. The van der Waals surface area contributed by atoms with Crippen molar-refractivity contribution in [3.63, 3.8) is 0 Å². The van der Waals surface area contributed by atoms with E-state index in [0.29, 0.717) is 18.0 Å². The fourth-order valence-corrected chi connectivity index (χ4v) is 5.24. The van der Waals surface area contributed by atoms with Crippen molar-refractivity contribution in [3.05, 3.63) is 60.2 Å². The van der Waals surface area contributed by atoms with Crippen molar-refractivity contribution in [2.45, 2.75) is 63.5 Å². The summed E-state index contributed by atoms with van der Waals surface area (Å²) in [6.45, 7) is 3.73. The van der Waals surface area contributed by atoms with Gasteiger partial charge in [0.2, 0.25) is 5.91 Å². The van der Waals surface area contributed by atoms with Gasteiger partial charge in [0.05, 0.1) is 0 Å². The Labute approximate surface area is 174 Å². The van der Waals surface area contributed by atoms with Crippen molar-refractivity contribution < 1.29 is 4.79 Å². The number of hydrogen-bond acceptors (Lipinski definition) is 3. The molecule has 4 heteroatoms. The SMILES string of the molecule is CC(=O)Nc1cccc(N(C2CCNCC2)[C@@H]2CCCC[C@@H]2c2ccccc2)c1. The zero-order chi connectivity index (χ0) is 20.1. The van der Waals surface area contributed by atoms with Crippen LogP contribution in [0.2, 0.25) is 0 Å². The summed E-state index contributed by atoms with van der Waals surface area (Å²) in [5.74, 6) is 0.541. The maximum absolute atomic E-state index is 11.6. The van der Waals surface area contributed by atoms with Crippen molar-refractivity contribution in [1.29, 1.82) is 0 Å². The molecular formula is C25H33N3O. The first-order chi connectivity index (χ1) is 14.2. The Bertz CT molecular complexity index is 801. The third-order valence-electron chi connectivity index (χ3n) is 6.48. The third-order valence-corrected chi connectivity index (χ3v) is 6.48. The lowest BCUT2D eigenvalue weighted by Gasteiger charge is -2.47. The molecule has 1 saturated heterocycles. The molecule has 2 aromatic carbocycles. The maximum Gasteiger partial charge on any atom is 0.221 e. The van der Waals surface area contributed by atoms with Crippen LogP contribution >= 0.6 is 0 Å². The normalized spacial score (nSPS) is 22.8. The average Bonchev–Trinajstić information content (AvgIpc) is 2.76. The summed E-state index contributed by atoms with van der Waals surface area (Å²) in [6, 6.07) is 20.6. The first kappa shape index (κ1) is 20.0. The lowest BCUT2D eigenvalue weighted by atomic mass is 9.78. The van der Waals surface area contributed by atoms with Crippen LogP contribution in [0.25, 0.3) is 0 Å². The van der Waals surface area contributed by atoms with Crippen molar-refractivity contribution >= 4 is 17.3 Å². The van der Waals surface area contributed by atoms with Crippen molar-refractivity contribution in [3.8, 4) is 0 Å². The summed E-state index contributed by atoms with van der Waals surface area (Å²) in [4.78, 5) is 14.3. The second-order valence-electron chi connectivity index (χ2n) is 8.49. The van der Waals surface area contributed by atoms with E-state index in [9.17, 15) is 4.79 Å². The predicted molar refractivity (Wildman–Crippen MR) is 121 cm³/mol. The molecule has 4 rings (SSSR count). The first-order valence-electron chi connectivity index (χ1n) is 11.1. The second kappa shape index (κ2) is 9.45. The van der Waals surface area contributed by atoms with Crippen LogP contribution in [-0.4, -0.2) is 31.1 Å². The van der Waals surface area contributed by atoms with Crippen LogP contribution < -0.4 is 15.5 Å². The zero-order valence-corrected chi connectivity index (χ0v) is 17.4. The maximum atomic E-state index is 11.6. The van der Waals surface area contributed by atoms with Gasteiger partial charge in [0.25, 0.3) is 0 Å². The quantitative estimate of drug-likeness (QED) is 0.760. The smallest absolute Gasteiger partial charge is 0.221 e. The molecule has 2 N–H and O–H groups in total. The highest BCUT2D eigenvalue weighted by Gasteiger charge is 2.35. The van der Waals surface area contributed by atoms with Gasteiger partial charge in [-0.2, -0.15) is 0 Å². The van der Waals surface area contributed by atoms with Gasteiger partial charge in [0.1, 0.15) is 0 Å². The van der Waals surface area contributed by atoms with E-state index in [-0.39, 0.29) is 5.91 Å². The highest BCUT2D eigenvalue weighted by molar-refractivity contribution is 5.89. The third kappa shape index (κ3) is 4.81. The number of benzene rings is 2. The van der Waals surface area contributed by atoms with E-state index in [1.165, 1.54) is 49.8 Å². The van der Waals surface area contributed by atoms with E-state index in [1.54, 1.807) is 6.92 Å². The standard InChI is InChI=1S/C25H33N3O/c1-19(29)27-21-10-7-11-23(18-21)28(22-14-16-26-17-15-22)25-13-6-5-12-24(25)20-8-3-2-4-9-20/h2-4,7-11,18,22,24-26H,5-6,12-17H2,1H3,(H,27,29)/t24-,25-/m1/s1. The number of carbonyl (C=O) groups excluding carboxylic acids is 1. The number of amides is 1. The molecule has 154 valence electrons. The summed E-state index contributed by atoms with van der Waals surface area (Å²) in [6.07, 6.45) is 7.42. The predicted octanol–water partition coefficient (Wildman–Crippen LogP) is 4.93. The van der Waals surface area contributed by atoms with Gasteiger partial charge in [-0.15, -0.1) is 0 Å². The van der Waals surface area contributed by atoms with Crippen LogP contribution in [0.4, 0.5) is 11.4 Å². The molecule has 0 bridgehead atoms. The van der Waals surface area contributed by atoms with Gasteiger partial charge in [0, 0.05) is 36.3 Å². The van der Waals surface area contributed by atoms with E-state index >= 15 is 0 Å². The van der Waals surface area contributed by atoms with E-state index in [2.05, 4.69) is 64.1 Å². The van der Waals surface area contributed by atoms with E-state index in [0.717, 1.165) is 18.8 Å². The minimum absolute atomic E-state index is 0.0182. The van der Waals surface area contributed by atoms with Gasteiger partial charge in [-0.05, 0) is 62.5 Å². The fourth-order valence-electron chi connectivity index (χ4n) is 5.24. The highest BCUT2D eigenvalue weighted by atomic mass is 16.1. The summed E-state index contributed by atoms with van der Waals surface area (Å²) in [5, 5.41) is 6.49. The molecule has 2 aromatic rings. The van der Waals surface area contributed by atoms with Crippen molar-refractivity contribution in [1.82, 2.24) is 5.32 Å². The van der Waals surface area contributed by atoms with Crippen LogP contribution in [0.5, 0.6) is 0 Å². The van der Waals surface area contributed by atoms with Crippen molar-refractivity contribution in [2.24, 2.45) is 0 Å². The number of anilines is 2. The lowest BCUT2D eigenvalue weighted by Crippen LogP contribution is -2.51. The molecule has 1 amide bonds. The van der Waals surface area contributed by atoms with Gasteiger partial charge >= 0.3 is 0 Å². The van der Waals surface area contributed by atoms with Crippen LogP contribution in [0.15, 0.2) is 54.6 Å². The van der Waals surface area contributed by atoms with Gasteiger partial charge in [-0.3, -0.25) is 4.79 Å². The molecule has 1 aliphatic carbocycles. The fraction of sp³-hybridized carbons (Fsp3) is 0.480. The van der Waals surface area contributed by atoms with Gasteiger partial charge in [-0.1, -0.05) is 49.2 Å². The van der Waals surface area contributed by atoms with Crippen LogP contribution in [-0.2, 0) is 4.79 Å². The number of rotatable bonds is 5. The number of nitrogens with one attached hydrogen (secondary N) is 2. The summed E-state index contributed by atoms with van der Waals surface area (Å²) < 4.78 is 0. The Morgan fingerprint density at radius 2 is 1.72 bits per heavy atom. The molecule has 2 fully saturated rings. The Hall–Kier alpha value is -2.33. The van der Waals surface area contributed by atoms with Gasteiger partial charge in [-0.25, -0.2) is 0 Å². The summed E-state index contributed by atoms with van der Waals surface area (Å²) >= 11 is 0. The molecule has 4 nitrogen and oxygen atoms in total. The number of hydrogen-bond donors (Lipinski definition) is 2. The topological polar surface area (TPSA) is 44.4 Å². The summed E-state index contributed by atoms with van der Waals surface area (Å²) in [7, 11) is 0. The van der Waals surface area contributed by atoms with Crippen LogP contribution in [0, 0.1) is 0 Å². The van der Waals surface area contributed by atoms with E-state index in [4.69, 9.17) is 0 Å². The minimum Gasteiger partial charge on any atom is -0.365 e. The monoisotopic (exact) mass is 391 g/mol. The molecule has 0 aromatic heterocycles. The van der Waals surface area contributed by atoms with Crippen LogP contribution in [0.3, 0.4) is 0 Å². The molecule has 0 radical (unpaired) electrons. The molecular weight excluding hydrogens is 358 g/mol. The highest BCUT2D eigenvalue weighted by Crippen LogP contribution is 2.40. The number of nitrogens with zero attached hydrogens (tertiary/aromatic N) is 1. The lowest BCUT2D eigenvalue weighted by molar-refractivity contribution is -0.114. The molecule has 2 atom stereocenters. The number of piperidine rings is 1. The van der Waals surface area contributed by atoms with Crippen LogP contribution in [0.1, 0.15) is 56.9 Å². The van der Waals surface area contributed by atoms with E-state index in [1.807, 2.05) is 6.07 Å². The average molecular weight is 392 g/mol. The van der Waals surface area contributed by atoms with E-state index < -0.39 is 0 Å². The Balaban J connectivity index is 1.70. The number of carbonyl (C=O) groups is 1. The molecule has 29 heavy (non-hydrogen) atoms. The molecule has 1 saturated carbocycles. The Kier molecular flexibility index (Phi) is 6.50.